The maximum atomic E-state index is 7.26. The molecule has 0 amide bonds. The second-order valence-corrected chi connectivity index (χ2v) is 33.7. The van der Waals surface area contributed by atoms with Crippen molar-refractivity contribution in [3.8, 4) is 0 Å². The third kappa shape index (κ3) is 5.42. The van der Waals surface area contributed by atoms with Crippen LogP contribution in [-0.4, -0.2) is 38.1 Å². The van der Waals surface area contributed by atoms with E-state index in [0.717, 1.165) is 21.0 Å². The van der Waals surface area contributed by atoms with E-state index in [0.29, 0.717) is 11.8 Å². The van der Waals surface area contributed by atoms with Gasteiger partial charge in [0.15, 0.2) is 0 Å². The van der Waals surface area contributed by atoms with Crippen molar-refractivity contribution in [2.75, 3.05) is 0 Å². The standard InChI is InChI=1S/2C17H23OSi.C2H7Si.2ClH.Zr/c2*1-12-7-6-8-14-11-17(18-19,13(2)16(12)14)15-9-4-3-5-10-15;1-3-2;;;/h2*6-8,15H,3-5,9-10H2,1-2,19H3;3H,1-2H3;2*1H;. The van der Waals surface area contributed by atoms with Gasteiger partial charge in [0.2, 0.25) is 0 Å². The van der Waals surface area contributed by atoms with Gasteiger partial charge in [-0.3, -0.25) is 0 Å². The SMILES string of the molecule is CC1=c2c(C)cccc2=[C]([Zr]([C]2=c3cccc(C)c3=C(C)C2(O[SiH3])C2CCCCC2)[SiH](C)C)C1(O[SiH3])C1CCCCC1.Cl.Cl. The van der Waals surface area contributed by atoms with Gasteiger partial charge in [0, 0.05) is 0 Å². The monoisotopic (exact) mass is 763 g/mol. The van der Waals surface area contributed by atoms with Gasteiger partial charge in [-0.25, -0.2) is 0 Å². The van der Waals surface area contributed by atoms with E-state index in [-0.39, 0.29) is 36.0 Å². The largest absolute Gasteiger partial charge is 0.147 e. The minimum absolute atomic E-state index is 0. The van der Waals surface area contributed by atoms with Crippen molar-refractivity contribution in [1.29, 1.82) is 0 Å². The fraction of sp³-hybridized carbons (Fsp3) is 0.556. The van der Waals surface area contributed by atoms with E-state index in [1.807, 2.05) is 6.56 Å². The topological polar surface area (TPSA) is 18.5 Å². The van der Waals surface area contributed by atoms with Crippen molar-refractivity contribution in [2.24, 2.45) is 11.8 Å². The van der Waals surface area contributed by atoms with Gasteiger partial charge in [-0.1, -0.05) is 0 Å². The Hall–Kier alpha value is -0.0462. The summed E-state index contributed by atoms with van der Waals surface area (Å²) in [6, 6.07) is 14.4. The Morgan fingerprint density at radius 3 is 1.32 bits per heavy atom. The van der Waals surface area contributed by atoms with Crippen molar-refractivity contribution in [2.45, 2.75) is 116 Å². The van der Waals surface area contributed by atoms with Gasteiger partial charge in [-0.2, -0.15) is 0 Å². The summed E-state index contributed by atoms with van der Waals surface area (Å²) in [7, 11) is 1.55. The molecule has 4 aliphatic carbocycles. The zero-order valence-corrected chi connectivity index (χ0v) is 37.6. The third-order valence-electron chi connectivity index (χ3n) is 11.8. The third-order valence-corrected chi connectivity index (χ3v) is 32.0. The van der Waals surface area contributed by atoms with Crippen LogP contribution in [0.5, 0.6) is 0 Å². The Morgan fingerprint density at radius 2 is 1.00 bits per heavy atom. The maximum Gasteiger partial charge on any atom is -0.147 e. The van der Waals surface area contributed by atoms with Crippen LogP contribution in [0.15, 0.2) is 36.4 Å². The van der Waals surface area contributed by atoms with Gasteiger partial charge in [0.25, 0.3) is 0 Å². The zero-order valence-electron chi connectivity index (χ0n) is 28.4. The molecule has 0 spiro atoms. The summed E-state index contributed by atoms with van der Waals surface area (Å²) >= 11 is -2.58. The van der Waals surface area contributed by atoms with E-state index in [1.54, 1.807) is 32.0 Å². The number of aryl methyl sites for hydroxylation is 2. The van der Waals surface area contributed by atoms with Crippen molar-refractivity contribution < 1.29 is 29.8 Å². The molecule has 2 atom stereocenters. The predicted molar refractivity (Wildman–Crippen MR) is 200 cm³/mol. The molecule has 0 heterocycles. The normalized spacial score (nSPS) is 25.7. The predicted octanol–water partition coefficient (Wildman–Crippen LogP) is 4.27. The van der Waals surface area contributed by atoms with Crippen LogP contribution in [0.2, 0.25) is 13.1 Å². The molecule has 0 aromatic heterocycles. The first kappa shape index (κ1) is 36.8. The molecular formula is C36H55Cl2O2Si3Zr. The van der Waals surface area contributed by atoms with Crippen LogP contribution in [0.25, 0.3) is 17.7 Å². The van der Waals surface area contributed by atoms with Gasteiger partial charge in [-0.05, 0) is 0 Å². The fourth-order valence-corrected chi connectivity index (χ4v) is 34.4. The smallest absolute Gasteiger partial charge is 0.147 e. The first-order valence-corrected chi connectivity index (χ1v) is 28.1. The summed E-state index contributed by atoms with van der Waals surface area (Å²) < 4.78 is 18.2. The molecule has 2 aromatic carbocycles. The Bertz CT molecular complexity index is 1510. The first-order chi connectivity index (χ1) is 20.3. The summed E-state index contributed by atoms with van der Waals surface area (Å²) in [6.45, 7) is 15.1. The Balaban J connectivity index is 0.00000221. The van der Waals surface area contributed by atoms with Crippen molar-refractivity contribution in [3.63, 3.8) is 0 Å². The van der Waals surface area contributed by atoms with E-state index in [1.165, 1.54) is 75.3 Å². The number of halogens is 2. The molecule has 4 aliphatic rings. The molecular weight excluding hydrogens is 711 g/mol. The molecule has 2 aromatic rings. The molecule has 6 rings (SSSR count). The summed E-state index contributed by atoms with van der Waals surface area (Å²) in [4.78, 5) is 0. The number of hydrogen-bond acceptors (Lipinski definition) is 2. The number of benzene rings is 2. The number of rotatable bonds is 7. The van der Waals surface area contributed by atoms with Crippen LogP contribution in [0, 0.1) is 25.7 Å². The molecule has 2 unspecified atom stereocenters. The summed E-state index contributed by atoms with van der Waals surface area (Å²) in [6.07, 6.45) is 13.4. The van der Waals surface area contributed by atoms with E-state index in [2.05, 4.69) is 77.2 Å². The molecule has 0 bridgehead atoms. The molecule has 241 valence electrons. The second-order valence-electron chi connectivity index (χ2n) is 14.1. The Labute approximate surface area is 293 Å². The van der Waals surface area contributed by atoms with Gasteiger partial charge < -0.3 is 0 Å². The second kappa shape index (κ2) is 14.6. The van der Waals surface area contributed by atoms with Crippen LogP contribution < -0.4 is 20.9 Å². The Morgan fingerprint density at radius 1 is 0.636 bits per heavy atom. The molecule has 2 saturated carbocycles. The molecule has 0 N–H and O–H groups in total. The minimum atomic E-state index is -2.58. The average Bonchev–Trinajstić information content (AvgIpc) is 3.42. The summed E-state index contributed by atoms with van der Waals surface area (Å²) in [5.41, 5.74) is 5.62. The minimum Gasteiger partial charge on any atom is -0.147 e. The molecule has 2 nitrogen and oxygen atoms in total. The van der Waals surface area contributed by atoms with E-state index in [9.17, 15) is 0 Å². The molecule has 44 heavy (non-hydrogen) atoms. The van der Waals surface area contributed by atoms with Gasteiger partial charge in [0.05, 0.1) is 0 Å². The molecule has 2 fully saturated rings. The zero-order chi connectivity index (χ0) is 29.8. The van der Waals surface area contributed by atoms with Crippen LogP contribution in [0.3, 0.4) is 0 Å². The fourth-order valence-electron chi connectivity index (χ4n) is 10.2. The van der Waals surface area contributed by atoms with Gasteiger partial charge in [-0.15, -0.1) is 24.8 Å². The first-order valence-electron chi connectivity index (χ1n) is 16.9. The van der Waals surface area contributed by atoms with Crippen molar-refractivity contribution in [3.05, 3.63) is 68.4 Å². The molecule has 0 saturated heterocycles. The average molecular weight is 766 g/mol. The number of fused-ring (bicyclic) bond motifs is 2. The number of hydrogen-bond donors (Lipinski definition) is 0. The van der Waals surface area contributed by atoms with Crippen LogP contribution >= 0.6 is 24.8 Å². The van der Waals surface area contributed by atoms with Crippen LogP contribution in [0.4, 0.5) is 0 Å². The maximum absolute atomic E-state index is 7.26. The quantitative estimate of drug-likeness (QED) is 0.393. The van der Waals surface area contributed by atoms with Crippen molar-refractivity contribution in [1.82, 2.24) is 0 Å². The van der Waals surface area contributed by atoms with Gasteiger partial charge in [0.1, 0.15) is 0 Å². The molecule has 0 aliphatic heterocycles. The van der Waals surface area contributed by atoms with Gasteiger partial charge >= 0.3 is 271 Å². The Kier molecular flexibility index (Phi) is 12.2. The van der Waals surface area contributed by atoms with E-state index in [4.69, 9.17) is 8.85 Å². The summed E-state index contributed by atoms with van der Waals surface area (Å²) in [5.74, 6) is 0.0911. The van der Waals surface area contributed by atoms with E-state index >= 15 is 0 Å². The molecule has 8 heteroatoms. The molecule has 0 radical (unpaired) electrons. The summed E-state index contributed by atoms with van der Waals surface area (Å²) in [5, 5.41) is 6.25. The van der Waals surface area contributed by atoms with E-state index < -0.39 is 26.8 Å². The van der Waals surface area contributed by atoms with Crippen LogP contribution in [0.1, 0.15) is 89.2 Å². The van der Waals surface area contributed by atoms with Crippen LogP contribution in [-0.2, 0) is 29.8 Å². The van der Waals surface area contributed by atoms with Crippen molar-refractivity contribution >= 4 is 69.4 Å².